The molecule has 113 valence electrons. The number of rotatable bonds is 3. The topological polar surface area (TPSA) is 50.2 Å². The Kier molecular flexibility index (Phi) is 9.18. The van der Waals surface area contributed by atoms with Crippen LogP contribution >= 0.6 is 34.2 Å². The molecule has 2 aromatic rings. The molecule has 0 saturated carbocycles. The van der Waals surface area contributed by atoms with E-state index in [1.54, 1.807) is 12.4 Å². The van der Waals surface area contributed by atoms with Crippen LogP contribution in [0.4, 0.5) is 0 Å². The van der Waals surface area contributed by atoms with E-state index >= 15 is 0 Å². The third kappa shape index (κ3) is 6.10. The molecule has 4 nitrogen and oxygen atoms in total. The third-order valence-corrected chi connectivity index (χ3v) is 3.31. The van der Waals surface area contributed by atoms with Gasteiger partial charge in [0.15, 0.2) is 4.32 Å². The molecule has 21 heavy (non-hydrogen) atoms. The molecule has 0 spiro atoms. The maximum absolute atomic E-state index is 5.08. The van der Waals surface area contributed by atoms with Gasteiger partial charge in [-0.2, -0.15) is 5.10 Å². The minimum absolute atomic E-state index is 0.601. The summed E-state index contributed by atoms with van der Waals surface area (Å²) in [6, 6.07) is 11.3. The van der Waals surface area contributed by atoms with E-state index in [0.717, 1.165) is 11.4 Å². The Balaban J connectivity index is 0.00000106. The van der Waals surface area contributed by atoms with Crippen LogP contribution in [0.3, 0.4) is 0 Å². The number of thiocarbonyl (C=S) groups is 1. The number of nitrogens with one attached hydrogen (secondary N) is 1. The molecule has 1 N–H and O–H groups in total. The van der Waals surface area contributed by atoms with E-state index in [1.807, 2.05) is 42.7 Å². The summed E-state index contributed by atoms with van der Waals surface area (Å²) >= 11 is 9.85. The number of hydrogen-bond acceptors (Lipinski definition) is 5. The molecule has 2 rings (SSSR count). The van der Waals surface area contributed by atoms with Crippen molar-refractivity contribution in [3.8, 4) is 0 Å². The molecule has 0 amide bonds. The second-order valence-electron chi connectivity index (χ2n) is 3.49. The molecule has 0 aromatic carbocycles. The van der Waals surface area contributed by atoms with Crippen molar-refractivity contribution in [3.05, 3.63) is 60.2 Å². The SMILES string of the molecule is CSC(=S)NN=C(c1ccccn1)c1ccccn1.[Cl][Ni]. The van der Waals surface area contributed by atoms with Crippen molar-refractivity contribution < 1.29 is 14.6 Å². The fourth-order valence-electron chi connectivity index (χ4n) is 1.40. The van der Waals surface area contributed by atoms with Crippen LogP contribution in [0.15, 0.2) is 53.9 Å². The molecule has 0 atom stereocenters. The number of pyridine rings is 2. The van der Waals surface area contributed by atoms with Gasteiger partial charge in [0.05, 0.1) is 11.4 Å². The van der Waals surface area contributed by atoms with Crippen molar-refractivity contribution in [3.63, 3.8) is 0 Å². The molecule has 0 unspecified atom stereocenters. The van der Waals surface area contributed by atoms with Gasteiger partial charge in [-0.25, -0.2) is 0 Å². The molecule has 2 aromatic heterocycles. The molecular weight excluding hydrogens is 370 g/mol. The second kappa shape index (κ2) is 10.7. The molecule has 0 fully saturated rings. The predicted molar refractivity (Wildman–Crippen MR) is 89.2 cm³/mol. The van der Waals surface area contributed by atoms with E-state index in [4.69, 9.17) is 12.2 Å². The van der Waals surface area contributed by atoms with E-state index < -0.39 is 0 Å². The summed E-state index contributed by atoms with van der Waals surface area (Å²) in [4.78, 5) is 8.60. The fraction of sp³-hybridized carbons (Fsp3) is 0.0769. The van der Waals surface area contributed by atoms with E-state index in [-0.39, 0.29) is 0 Å². The van der Waals surface area contributed by atoms with Gasteiger partial charge in [0.1, 0.15) is 5.71 Å². The zero-order chi connectivity index (χ0) is 15.5. The van der Waals surface area contributed by atoms with Crippen molar-refractivity contribution in [2.75, 3.05) is 6.26 Å². The first kappa shape index (κ1) is 18.0. The van der Waals surface area contributed by atoms with Gasteiger partial charge in [-0.15, -0.1) is 0 Å². The van der Waals surface area contributed by atoms with Crippen molar-refractivity contribution >= 4 is 44.2 Å². The average Bonchev–Trinajstić information content (AvgIpc) is 2.58. The van der Waals surface area contributed by atoms with E-state index in [9.17, 15) is 0 Å². The Morgan fingerprint density at radius 2 is 1.67 bits per heavy atom. The van der Waals surface area contributed by atoms with Crippen LogP contribution in [0.2, 0.25) is 0 Å². The van der Waals surface area contributed by atoms with Crippen LogP contribution in [0.5, 0.6) is 0 Å². The number of halogens is 1. The van der Waals surface area contributed by atoms with Crippen LogP contribution in [-0.4, -0.2) is 26.3 Å². The fourth-order valence-corrected chi connectivity index (χ4v) is 1.58. The summed E-state index contributed by atoms with van der Waals surface area (Å²) in [5.74, 6) is 0. The molecule has 0 bridgehead atoms. The van der Waals surface area contributed by atoms with Crippen molar-refractivity contribution in [1.29, 1.82) is 0 Å². The molecule has 8 heteroatoms. The van der Waals surface area contributed by atoms with Crippen LogP contribution in [0.1, 0.15) is 11.4 Å². The zero-order valence-electron chi connectivity index (χ0n) is 11.0. The summed E-state index contributed by atoms with van der Waals surface area (Å²) in [5.41, 5.74) is 4.99. The maximum atomic E-state index is 5.08. The molecule has 0 aliphatic rings. The van der Waals surface area contributed by atoms with Gasteiger partial charge < -0.3 is 0 Å². The van der Waals surface area contributed by atoms with Crippen molar-refractivity contribution in [1.82, 2.24) is 15.4 Å². The van der Waals surface area contributed by atoms with Crippen LogP contribution in [0, 0.1) is 0 Å². The van der Waals surface area contributed by atoms with Crippen LogP contribution in [-0.2, 0) is 14.6 Å². The van der Waals surface area contributed by atoms with Gasteiger partial charge in [0.2, 0.25) is 0 Å². The summed E-state index contributed by atoms with van der Waals surface area (Å²) in [6.07, 6.45) is 5.34. The Labute approximate surface area is 145 Å². The zero-order valence-corrected chi connectivity index (χ0v) is 14.3. The number of aromatic nitrogens is 2. The number of thioether (sulfide) groups is 1. The molecule has 0 radical (unpaired) electrons. The summed E-state index contributed by atoms with van der Waals surface area (Å²) in [6.45, 7) is 0. The molecule has 0 aliphatic carbocycles. The normalized spacial score (nSPS) is 9.14. The first-order chi connectivity index (χ1) is 10.3. The van der Waals surface area contributed by atoms with Crippen molar-refractivity contribution in [2.45, 2.75) is 0 Å². The molecule has 0 saturated heterocycles. The second-order valence-corrected chi connectivity index (χ2v) is 4.98. The van der Waals surface area contributed by atoms with E-state index in [2.05, 4.69) is 45.3 Å². The average molecular weight is 383 g/mol. The Hall–Kier alpha value is -1.01. The van der Waals surface area contributed by atoms with Gasteiger partial charge >= 0.3 is 24.8 Å². The monoisotopic (exact) mass is 381 g/mol. The Morgan fingerprint density at radius 3 is 2.05 bits per heavy atom. The minimum atomic E-state index is 0.601. The summed E-state index contributed by atoms with van der Waals surface area (Å²) < 4.78 is 0.601. The number of hydrazone groups is 1. The first-order valence-electron chi connectivity index (χ1n) is 5.67. The van der Waals surface area contributed by atoms with Gasteiger partial charge in [-0.1, -0.05) is 36.1 Å². The van der Waals surface area contributed by atoms with E-state index in [0.29, 0.717) is 10.0 Å². The van der Waals surface area contributed by atoms with Crippen LogP contribution < -0.4 is 5.43 Å². The van der Waals surface area contributed by atoms with E-state index in [1.165, 1.54) is 11.8 Å². The van der Waals surface area contributed by atoms with Crippen LogP contribution in [0.25, 0.3) is 0 Å². The molecular formula is C13H12ClN4NiS2. The summed E-state index contributed by atoms with van der Waals surface area (Å²) in [7, 11) is 4.26. The Morgan fingerprint density at radius 1 is 1.14 bits per heavy atom. The summed E-state index contributed by atoms with van der Waals surface area (Å²) in [5, 5.41) is 4.31. The third-order valence-electron chi connectivity index (χ3n) is 2.26. The van der Waals surface area contributed by atoms with Gasteiger partial charge in [0.25, 0.3) is 0 Å². The van der Waals surface area contributed by atoms with Gasteiger partial charge in [-0.3, -0.25) is 15.4 Å². The Bertz CT molecular complexity index is 540. The first-order valence-corrected chi connectivity index (χ1v) is 8.67. The standard InChI is InChI=1S/C13H12N4S2.ClH.Ni/c1-19-13(18)17-16-12(10-6-2-4-8-14-10)11-7-3-5-9-15-11;;/h2-9H,1H3,(H,17,18);1H;/q;;+1/p-1. The number of nitrogens with zero attached hydrogens (tertiary/aromatic N) is 3. The van der Waals surface area contributed by atoms with Gasteiger partial charge in [0, 0.05) is 12.4 Å². The molecule has 2 heterocycles. The van der Waals surface area contributed by atoms with Crippen molar-refractivity contribution in [2.24, 2.45) is 5.10 Å². The number of hydrogen-bond donors (Lipinski definition) is 1. The quantitative estimate of drug-likeness (QED) is 0.382. The van der Waals surface area contributed by atoms with Gasteiger partial charge in [-0.05, 0) is 30.5 Å². The molecule has 0 aliphatic heterocycles. The predicted octanol–water partition coefficient (Wildman–Crippen LogP) is 3.15.